The highest BCUT2D eigenvalue weighted by Crippen LogP contribution is 2.24. The summed E-state index contributed by atoms with van der Waals surface area (Å²) >= 11 is 0. The number of nitrogens with one attached hydrogen (secondary N) is 2. The summed E-state index contributed by atoms with van der Waals surface area (Å²) in [6, 6.07) is 0. The summed E-state index contributed by atoms with van der Waals surface area (Å²) in [6.45, 7) is 0.938. The minimum atomic E-state index is -0.585. The molecule has 0 atom stereocenters. The summed E-state index contributed by atoms with van der Waals surface area (Å²) in [5, 5.41) is 6.44. The van der Waals surface area contributed by atoms with Crippen LogP contribution in [0.5, 0.6) is 0 Å². The molecule has 1 amide bonds. The predicted octanol–water partition coefficient (Wildman–Crippen LogP) is -0.566. The molecule has 20 heavy (non-hydrogen) atoms. The molecule has 0 aromatic carbocycles. The topological polar surface area (TPSA) is 117 Å². The fourth-order valence-electron chi connectivity index (χ4n) is 1.96. The number of carbonyl (C=O) groups excluding carboxylic acids is 1. The molecule has 1 aliphatic heterocycles. The third kappa shape index (κ3) is 2.13. The minimum Gasteiger partial charge on any atom is -0.372 e. The highest BCUT2D eigenvalue weighted by atomic mass is 16.5. The molecule has 3 heterocycles. The fourth-order valence-corrected chi connectivity index (χ4v) is 1.96. The van der Waals surface area contributed by atoms with Crippen LogP contribution < -0.4 is 11.1 Å². The van der Waals surface area contributed by atoms with Gasteiger partial charge in [-0.05, 0) is 0 Å². The summed E-state index contributed by atoms with van der Waals surface area (Å²) < 4.78 is 4.43. The molecule has 0 saturated carbocycles. The van der Waals surface area contributed by atoms with E-state index in [1.807, 2.05) is 0 Å². The molecule has 1 aliphatic rings. The number of likely N-dealkylation sites (tertiary alicyclic amines) is 1. The van der Waals surface area contributed by atoms with Crippen molar-refractivity contribution in [3.05, 3.63) is 34.5 Å². The van der Waals surface area contributed by atoms with E-state index in [0.29, 0.717) is 24.7 Å². The molecule has 2 aromatic rings. The van der Waals surface area contributed by atoms with Gasteiger partial charge in [-0.1, -0.05) is 5.16 Å². The van der Waals surface area contributed by atoms with Gasteiger partial charge in [-0.3, -0.25) is 14.3 Å². The summed E-state index contributed by atoms with van der Waals surface area (Å²) in [7, 11) is 1.73. The third-order valence-electron chi connectivity index (χ3n) is 3.14. The number of hydrogen-bond donors (Lipinski definition) is 2. The first-order valence-corrected chi connectivity index (χ1v) is 6.02. The second-order valence-electron chi connectivity index (χ2n) is 4.42. The zero-order valence-corrected chi connectivity index (χ0v) is 10.7. The Bertz CT molecular complexity index is 670. The Morgan fingerprint density at radius 3 is 2.80 bits per heavy atom. The van der Waals surface area contributed by atoms with Gasteiger partial charge in [0.05, 0.1) is 18.3 Å². The van der Waals surface area contributed by atoms with Gasteiger partial charge in [-0.15, -0.1) is 0 Å². The van der Waals surface area contributed by atoms with Crippen LogP contribution in [0.1, 0.15) is 22.2 Å². The largest absolute Gasteiger partial charge is 0.438 e. The Morgan fingerprint density at radius 2 is 2.25 bits per heavy atom. The fraction of sp³-hybridized carbons (Fsp3) is 0.364. The van der Waals surface area contributed by atoms with Crippen molar-refractivity contribution in [2.75, 3.05) is 25.5 Å². The molecule has 104 valence electrons. The number of rotatable bonds is 3. The molecular weight excluding hydrogens is 264 g/mol. The summed E-state index contributed by atoms with van der Waals surface area (Å²) in [5.74, 6) is 0.286. The number of H-pyrrole nitrogens is 1. The lowest BCUT2D eigenvalue weighted by molar-refractivity contribution is 0.0585. The van der Waals surface area contributed by atoms with Gasteiger partial charge >= 0.3 is 5.76 Å². The molecule has 1 fully saturated rings. The quantitative estimate of drug-likeness (QED) is 0.771. The van der Waals surface area contributed by atoms with E-state index in [2.05, 4.69) is 29.9 Å². The first kappa shape index (κ1) is 12.3. The Labute approximate surface area is 113 Å². The van der Waals surface area contributed by atoms with Crippen LogP contribution in [0.4, 0.5) is 5.82 Å². The van der Waals surface area contributed by atoms with E-state index in [1.54, 1.807) is 11.9 Å². The van der Waals surface area contributed by atoms with Crippen LogP contribution >= 0.6 is 0 Å². The second kappa shape index (κ2) is 4.76. The van der Waals surface area contributed by atoms with Gasteiger partial charge in [-0.2, -0.15) is 0 Å². The smallest absolute Gasteiger partial charge is 0.372 e. The molecule has 0 bridgehead atoms. The molecule has 0 radical (unpaired) electrons. The van der Waals surface area contributed by atoms with Crippen LogP contribution in [0.15, 0.2) is 21.7 Å². The van der Waals surface area contributed by atoms with Gasteiger partial charge in [0.15, 0.2) is 5.82 Å². The Morgan fingerprint density at radius 1 is 1.45 bits per heavy atom. The molecule has 0 aliphatic carbocycles. The van der Waals surface area contributed by atoms with Crippen molar-refractivity contribution in [3.8, 4) is 0 Å². The van der Waals surface area contributed by atoms with Crippen LogP contribution in [-0.2, 0) is 0 Å². The number of nitrogens with zero attached hydrogens (tertiary/aromatic N) is 4. The van der Waals surface area contributed by atoms with Crippen LogP contribution in [0.2, 0.25) is 0 Å². The highest BCUT2D eigenvalue weighted by molar-refractivity contribution is 5.92. The SMILES string of the molecule is CNc1cnc(C(=O)N2CC(c3noc(=O)[nH]3)C2)cn1. The van der Waals surface area contributed by atoms with Gasteiger partial charge in [0.25, 0.3) is 5.91 Å². The third-order valence-corrected chi connectivity index (χ3v) is 3.14. The Hall–Kier alpha value is -2.71. The summed E-state index contributed by atoms with van der Waals surface area (Å²) in [6.07, 6.45) is 2.93. The number of aromatic nitrogens is 4. The number of aromatic amines is 1. The summed E-state index contributed by atoms with van der Waals surface area (Å²) in [5.41, 5.74) is 0.288. The van der Waals surface area contributed by atoms with Gasteiger partial charge < -0.3 is 10.2 Å². The second-order valence-corrected chi connectivity index (χ2v) is 4.42. The van der Waals surface area contributed by atoms with E-state index in [4.69, 9.17) is 0 Å². The average molecular weight is 276 g/mol. The Balaban J connectivity index is 1.64. The molecular formula is C11H12N6O3. The Kier molecular flexibility index (Phi) is 2.93. The van der Waals surface area contributed by atoms with Crippen molar-refractivity contribution in [2.45, 2.75) is 5.92 Å². The maximum atomic E-state index is 12.1. The minimum absolute atomic E-state index is 0.00468. The molecule has 9 nitrogen and oxygen atoms in total. The maximum Gasteiger partial charge on any atom is 0.438 e. The van der Waals surface area contributed by atoms with Gasteiger partial charge in [0.2, 0.25) is 0 Å². The standard InChI is InChI=1S/C11H12N6O3/c1-12-8-3-13-7(2-14-8)10(18)17-4-6(5-17)9-15-11(19)20-16-9/h2-3,6H,4-5H2,1H3,(H,12,14)(H,15,16,19). The van der Waals surface area contributed by atoms with E-state index < -0.39 is 5.76 Å². The van der Waals surface area contributed by atoms with Gasteiger partial charge in [0, 0.05) is 20.1 Å². The lowest BCUT2D eigenvalue weighted by Gasteiger charge is -2.37. The van der Waals surface area contributed by atoms with Crippen LogP contribution in [0.25, 0.3) is 0 Å². The zero-order valence-electron chi connectivity index (χ0n) is 10.7. The van der Waals surface area contributed by atoms with Crippen molar-refractivity contribution in [2.24, 2.45) is 0 Å². The molecule has 1 saturated heterocycles. The van der Waals surface area contributed by atoms with Gasteiger partial charge in [0.1, 0.15) is 11.5 Å². The predicted molar refractivity (Wildman–Crippen MR) is 67.3 cm³/mol. The van der Waals surface area contributed by atoms with E-state index in [-0.39, 0.29) is 17.5 Å². The van der Waals surface area contributed by atoms with Crippen LogP contribution in [0, 0.1) is 0 Å². The van der Waals surface area contributed by atoms with Crippen LogP contribution in [-0.4, -0.2) is 51.1 Å². The van der Waals surface area contributed by atoms with E-state index in [0.717, 1.165) is 0 Å². The van der Waals surface area contributed by atoms with Crippen molar-refractivity contribution < 1.29 is 9.32 Å². The van der Waals surface area contributed by atoms with Crippen molar-refractivity contribution in [3.63, 3.8) is 0 Å². The molecule has 3 rings (SSSR count). The number of amides is 1. The number of hydrogen-bond acceptors (Lipinski definition) is 7. The number of anilines is 1. The van der Waals surface area contributed by atoms with Gasteiger partial charge in [-0.25, -0.2) is 14.8 Å². The average Bonchev–Trinajstić information content (AvgIpc) is 2.83. The van der Waals surface area contributed by atoms with E-state index >= 15 is 0 Å². The molecule has 0 spiro atoms. The number of carbonyl (C=O) groups is 1. The van der Waals surface area contributed by atoms with E-state index in [9.17, 15) is 9.59 Å². The first-order chi connectivity index (χ1) is 9.67. The van der Waals surface area contributed by atoms with E-state index in [1.165, 1.54) is 12.4 Å². The normalized spacial score (nSPS) is 14.9. The molecule has 0 unspecified atom stereocenters. The molecule has 9 heteroatoms. The van der Waals surface area contributed by atoms with Crippen molar-refractivity contribution in [1.29, 1.82) is 0 Å². The lowest BCUT2D eigenvalue weighted by atomic mass is 9.99. The first-order valence-electron chi connectivity index (χ1n) is 6.02. The molecule has 2 N–H and O–H groups in total. The monoisotopic (exact) mass is 276 g/mol. The van der Waals surface area contributed by atoms with Crippen molar-refractivity contribution in [1.82, 2.24) is 25.0 Å². The zero-order chi connectivity index (χ0) is 14.1. The maximum absolute atomic E-state index is 12.1. The summed E-state index contributed by atoms with van der Waals surface area (Å²) in [4.78, 5) is 35.1. The lowest BCUT2D eigenvalue weighted by Crippen LogP contribution is -2.49. The van der Waals surface area contributed by atoms with Crippen LogP contribution in [0.3, 0.4) is 0 Å². The van der Waals surface area contributed by atoms with Crippen molar-refractivity contribution >= 4 is 11.7 Å². The molecule has 2 aromatic heterocycles. The highest BCUT2D eigenvalue weighted by Gasteiger charge is 2.35.